The summed E-state index contributed by atoms with van der Waals surface area (Å²) in [6.45, 7) is 9.25. The number of halogens is 3. The van der Waals surface area contributed by atoms with Crippen LogP contribution in [0.5, 0.6) is 0 Å². The van der Waals surface area contributed by atoms with Crippen LogP contribution in [0, 0.1) is 0 Å². The zero-order chi connectivity index (χ0) is 20.4. The van der Waals surface area contributed by atoms with Gasteiger partial charge in [-0.1, -0.05) is 12.1 Å². The van der Waals surface area contributed by atoms with E-state index in [1.807, 2.05) is 27.7 Å². The Kier molecular flexibility index (Phi) is 6.42. The maximum absolute atomic E-state index is 13.3. The molecule has 27 heavy (non-hydrogen) atoms. The Hall–Kier alpha value is -1.80. The van der Waals surface area contributed by atoms with Crippen molar-refractivity contribution in [2.75, 3.05) is 26.2 Å². The van der Waals surface area contributed by atoms with E-state index in [-0.39, 0.29) is 24.2 Å². The molecular formula is C19H28F3N3O2. The second-order valence-corrected chi connectivity index (χ2v) is 7.80. The summed E-state index contributed by atoms with van der Waals surface area (Å²) in [4.78, 5) is 15.8. The van der Waals surface area contributed by atoms with Crippen LogP contribution in [-0.4, -0.2) is 47.7 Å². The van der Waals surface area contributed by atoms with Crippen LogP contribution >= 0.6 is 0 Å². The number of ether oxygens (including phenoxy) is 1. The van der Waals surface area contributed by atoms with Crippen LogP contribution in [0.1, 0.15) is 50.4 Å². The number of rotatable bonds is 3. The maximum atomic E-state index is 13.3. The van der Waals surface area contributed by atoms with Crippen molar-refractivity contribution in [3.8, 4) is 0 Å². The standard InChI is InChI=1S/C19H28F3N3O2/c1-13(14-5-6-15(12-23)16(11-14)19(20,21)22)24-7-9-25(10-8-24)17(26)27-18(2,3)4/h5-6,11,13H,7-10,12,23H2,1-4H3. The molecule has 0 aromatic heterocycles. The Morgan fingerprint density at radius 3 is 2.26 bits per heavy atom. The first-order chi connectivity index (χ1) is 12.4. The molecule has 1 saturated heterocycles. The first kappa shape index (κ1) is 21.5. The lowest BCUT2D eigenvalue weighted by Gasteiger charge is -2.38. The number of hydrogen-bond donors (Lipinski definition) is 1. The predicted molar refractivity (Wildman–Crippen MR) is 97.1 cm³/mol. The number of benzene rings is 1. The minimum Gasteiger partial charge on any atom is -0.444 e. The molecule has 152 valence electrons. The molecule has 1 amide bonds. The summed E-state index contributed by atoms with van der Waals surface area (Å²) in [5.41, 5.74) is 4.89. The SMILES string of the molecule is CC(c1ccc(CN)c(C(F)(F)F)c1)N1CCN(C(=O)OC(C)(C)C)CC1. The predicted octanol–water partition coefficient (Wildman–Crippen LogP) is 3.78. The molecule has 1 aromatic rings. The average molecular weight is 387 g/mol. The molecule has 0 bridgehead atoms. The van der Waals surface area contributed by atoms with Crippen molar-refractivity contribution < 1.29 is 22.7 Å². The number of alkyl halides is 3. The van der Waals surface area contributed by atoms with Crippen molar-refractivity contribution in [1.82, 2.24) is 9.80 Å². The summed E-state index contributed by atoms with van der Waals surface area (Å²) < 4.78 is 45.2. The van der Waals surface area contributed by atoms with Crippen molar-refractivity contribution in [1.29, 1.82) is 0 Å². The molecule has 0 radical (unpaired) electrons. The third kappa shape index (κ3) is 5.59. The van der Waals surface area contributed by atoms with Crippen LogP contribution in [0.4, 0.5) is 18.0 Å². The molecule has 1 unspecified atom stereocenters. The molecule has 5 nitrogen and oxygen atoms in total. The van der Waals surface area contributed by atoms with Gasteiger partial charge in [0.1, 0.15) is 5.60 Å². The molecule has 1 aliphatic heterocycles. The quantitative estimate of drug-likeness (QED) is 0.858. The fourth-order valence-corrected chi connectivity index (χ4v) is 3.12. The third-order valence-electron chi connectivity index (χ3n) is 4.66. The highest BCUT2D eigenvalue weighted by atomic mass is 19.4. The molecular weight excluding hydrogens is 359 g/mol. The van der Waals surface area contributed by atoms with Crippen molar-refractivity contribution in [2.24, 2.45) is 5.73 Å². The fourth-order valence-electron chi connectivity index (χ4n) is 3.12. The second kappa shape index (κ2) is 8.06. The van der Waals surface area contributed by atoms with Gasteiger partial charge in [0.15, 0.2) is 0 Å². The minimum absolute atomic E-state index is 0.0909. The van der Waals surface area contributed by atoms with E-state index in [4.69, 9.17) is 10.5 Å². The van der Waals surface area contributed by atoms with E-state index in [0.717, 1.165) is 0 Å². The molecule has 0 spiro atoms. The lowest BCUT2D eigenvalue weighted by Crippen LogP contribution is -2.50. The van der Waals surface area contributed by atoms with Gasteiger partial charge in [-0.25, -0.2) is 4.79 Å². The molecule has 0 saturated carbocycles. The maximum Gasteiger partial charge on any atom is 0.416 e. The van der Waals surface area contributed by atoms with Gasteiger partial charge in [-0.3, -0.25) is 4.90 Å². The van der Waals surface area contributed by atoms with E-state index in [2.05, 4.69) is 4.90 Å². The topological polar surface area (TPSA) is 58.8 Å². The van der Waals surface area contributed by atoms with Gasteiger partial charge >= 0.3 is 12.3 Å². The Labute approximate surface area is 158 Å². The van der Waals surface area contributed by atoms with Crippen molar-refractivity contribution >= 4 is 6.09 Å². The van der Waals surface area contributed by atoms with E-state index in [1.54, 1.807) is 11.0 Å². The molecule has 1 atom stereocenters. The number of nitrogens with two attached hydrogens (primary N) is 1. The first-order valence-corrected chi connectivity index (χ1v) is 9.04. The highest BCUT2D eigenvalue weighted by Gasteiger charge is 2.34. The van der Waals surface area contributed by atoms with E-state index in [1.165, 1.54) is 12.1 Å². The van der Waals surface area contributed by atoms with Gasteiger partial charge in [0.05, 0.1) is 5.56 Å². The molecule has 2 rings (SSSR count). The zero-order valence-electron chi connectivity index (χ0n) is 16.3. The van der Waals surface area contributed by atoms with Crippen LogP contribution in [0.15, 0.2) is 18.2 Å². The van der Waals surface area contributed by atoms with Crippen LogP contribution in [0.2, 0.25) is 0 Å². The molecule has 2 N–H and O–H groups in total. The normalized spacial score (nSPS) is 17.7. The Morgan fingerprint density at radius 2 is 1.78 bits per heavy atom. The highest BCUT2D eigenvalue weighted by Crippen LogP contribution is 2.34. The largest absolute Gasteiger partial charge is 0.444 e. The van der Waals surface area contributed by atoms with Gasteiger partial charge in [0.25, 0.3) is 0 Å². The van der Waals surface area contributed by atoms with Gasteiger partial charge in [0, 0.05) is 38.8 Å². The Balaban J connectivity index is 2.06. The second-order valence-electron chi connectivity index (χ2n) is 7.80. The minimum atomic E-state index is -4.43. The molecule has 1 fully saturated rings. The van der Waals surface area contributed by atoms with Gasteiger partial charge in [-0.05, 0) is 44.9 Å². The van der Waals surface area contributed by atoms with Gasteiger partial charge in [0.2, 0.25) is 0 Å². The van der Waals surface area contributed by atoms with Crippen LogP contribution in [0.3, 0.4) is 0 Å². The van der Waals surface area contributed by atoms with E-state index in [0.29, 0.717) is 31.7 Å². The number of nitrogens with zero attached hydrogens (tertiary/aromatic N) is 2. The van der Waals surface area contributed by atoms with Crippen molar-refractivity contribution in [3.63, 3.8) is 0 Å². The highest BCUT2D eigenvalue weighted by molar-refractivity contribution is 5.68. The number of amides is 1. The lowest BCUT2D eigenvalue weighted by molar-refractivity contribution is -0.138. The van der Waals surface area contributed by atoms with Crippen LogP contribution in [-0.2, 0) is 17.5 Å². The molecule has 1 heterocycles. The molecule has 1 aromatic carbocycles. The number of piperazine rings is 1. The van der Waals surface area contributed by atoms with Gasteiger partial charge in [-0.15, -0.1) is 0 Å². The van der Waals surface area contributed by atoms with Crippen molar-refractivity contribution in [3.05, 3.63) is 34.9 Å². The third-order valence-corrected chi connectivity index (χ3v) is 4.66. The number of carbonyl (C=O) groups is 1. The molecule has 1 aliphatic rings. The smallest absolute Gasteiger partial charge is 0.416 e. The van der Waals surface area contributed by atoms with Gasteiger partial charge in [-0.2, -0.15) is 13.2 Å². The summed E-state index contributed by atoms with van der Waals surface area (Å²) in [7, 11) is 0. The summed E-state index contributed by atoms with van der Waals surface area (Å²) in [5.74, 6) is 0. The van der Waals surface area contributed by atoms with Crippen LogP contribution < -0.4 is 5.73 Å². The Bertz CT molecular complexity index is 663. The lowest BCUT2D eigenvalue weighted by atomic mass is 9.98. The summed E-state index contributed by atoms with van der Waals surface area (Å²) >= 11 is 0. The summed E-state index contributed by atoms with van der Waals surface area (Å²) in [6, 6.07) is 4.14. The Morgan fingerprint density at radius 1 is 1.19 bits per heavy atom. The van der Waals surface area contributed by atoms with Gasteiger partial charge < -0.3 is 15.4 Å². The fraction of sp³-hybridized carbons (Fsp3) is 0.632. The van der Waals surface area contributed by atoms with E-state index in [9.17, 15) is 18.0 Å². The van der Waals surface area contributed by atoms with E-state index < -0.39 is 17.3 Å². The first-order valence-electron chi connectivity index (χ1n) is 9.04. The monoisotopic (exact) mass is 387 g/mol. The average Bonchev–Trinajstić information content (AvgIpc) is 2.58. The summed E-state index contributed by atoms with van der Waals surface area (Å²) in [5, 5.41) is 0. The van der Waals surface area contributed by atoms with Crippen molar-refractivity contribution in [2.45, 2.75) is 52.1 Å². The zero-order valence-corrected chi connectivity index (χ0v) is 16.3. The number of carbonyl (C=O) groups excluding carboxylic acids is 1. The molecule has 0 aliphatic carbocycles. The molecule has 8 heteroatoms. The summed E-state index contributed by atoms with van der Waals surface area (Å²) in [6.07, 6.45) is -4.79. The van der Waals surface area contributed by atoms with Crippen LogP contribution in [0.25, 0.3) is 0 Å². The number of hydrogen-bond acceptors (Lipinski definition) is 4. The van der Waals surface area contributed by atoms with E-state index >= 15 is 0 Å².